The number of ether oxygens (including phenoxy) is 1. The predicted octanol–water partition coefficient (Wildman–Crippen LogP) is 2.91. The Morgan fingerprint density at radius 1 is 1.21 bits per heavy atom. The zero-order chi connectivity index (χ0) is 20.1. The summed E-state index contributed by atoms with van der Waals surface area (Å²) in [7, 11) is 3.32. The van der Waals surface area contributed by atoms with E-state index >= 15 is 0 Å². The maximum atomic E-state index is 12.4. The third-order valence-electron chi connectivity index (χ3n) is 4.54. The summed E-state index contributed by atoms with van der Waals surface area (Å²) < 4.78 is 6.70. The van der Waals surface area contributed by atoms with Gasteiger partial charge in [-0.1, -0.05) is 0 Å². The summed E-state index contributed by atoms with van der Waals surface area (Å²) >= 11 is 0. The zero-order valence-electron chi connectivity index (χ0n) is 16.1. The van der Waals surface area contributed by atoms with Gasteiger partial charge >= 0.3 is 0 Å². The fourth-order valence-electron chi connectivity index (χ4n) is 2.82. The van der Waals surface area contributed by atoms with Gasteiger partial charge in [0, 0.05) is 48.9 Å². The van der Waals surface area contributed by atoms with Crippen LogP contribution in [0.15, 0.2) is 59.7 Å². The van der Waals surface area contributed by atoms with Crippen LogP contribution in [0, 0.1) is 5.41 Å². The van der Waals surface area contributed by atoms with E-state index < -0.39 is 0 Å². The standard InChI is InChI=1S/C21H23N5O2/c1-14(22)18(24-16-4-6-17(28-3)7-5-16)12-20-25-19(13-21(27)26(20)2)15-8-10-23-11-9-15/h4-11,13,18,22,24H,12H2,1-3H3/t18-/m1/s1. The largest absolute Gasteiger partial charge is 0.497 e. The van der Waals surface area contributed by atoms with Gasteiger partial charge in [0.05, 0.1) is 18.8 Å². The number of hydrogen-bond acceptors (Lipinski definition) is 6. The van der Waals surface area contributed by atoms with Gasteiger partial charge in [0.25, 0.3) is 5.56 Å². The van der Waals surface area contributed by atoms with Crippen LogP contribution < -0.4 is 15.6 Å². The molecule has 0 spiro atoms. The first-order valence-corrected chi connectivity index (χ1v) is 8.91. The van der Waals surface area contributed by atoms with Gasteiger partial charge in [-0.3, -0.25) is 14.3 Å². The maximum absolute atomic E-state index is 12.4. The average molecular weight is 377 g/mol. The van der Waals surface area contributed by atoms with Gasteiger partial charge in [0.15, 0.2) is 0 Å². The highest BCUT2D eigenvalue weighted by Crippen LogP contribution is 2.18. The number of benzene rings is 1. The first-order valence-electron chi connectivity index (χ1n) is 8.91. The Balaban J connectivity index is 1.89. The van der Waals surface area contributed by atoms with Crippen molar-refractivity contribution >= 4 is 11.4 Å². The molecule has 0 saturated heterocycles. The lowest BCUT2D eigenvalue weighted by Gasteiger charge is -2.20. The Bertz CT molecular complexity index is 1010. The number of nitrogens with one attached hydrogen (secondary N) is 2. The minimum absolute atomic E-state index is 0.136. The van der Waals surface area contributed by atoms with E-state index in [-0.39, 0.29) is 11.6 Å². The highest BCUT2D eigenvalue weighted by Gasteiger charge is 2.16. The van der Waals surface area contributed by atoms with Crippen LogP contribution in [0.25, 0.3) is 11.3 Å². The quantitative estimate of drug-likeness (QED) is 0.618. The van der Waals surface area contributed by atoms with Crippen molar-refractivity contribution in [3.05, 3.63) is 71.0 Å². The number of nitrogens with zero attached hydrogens (tertiary/aromatic N) is 3. The molecular weight excluding hydrogens is 354 g/mol. The van der Waals surface area contributed by atoms with Gasteiger partial charge in [-0.25, -0.2) is 4.98 Å². The van der Waals surface area contributed by atoms with E-state index in [0.717, 1.165) is 17.0 Å². The molecule has 1 atom stereocenters. The van der Waals surface area contributed by atoms with Crippen molar-refractivity contribution in [2.75, 3.05) is 12.4 Å². The molecule has 0 radical (unpaired) electrons. The summed E-state index contributed by atoms with van der Waals surface area (Å²) in [6.45, 7) is 1.74. The van der Waals surface area contributed by atoms with Crippen LogP contribution >= 0.6 is 0 Å². The summed E-state index contributed by atoms with van der Waals surface area (Å²) in [6, 6.07) is 12.4. The Morgan fingerprint density at radius 3 is 2.50 bits per heavy atom. The van der Waals surface area contributed by atoms with Gasteiger partial charge in [0.2, 0.25) is 0 Å². The van der Waals surface area contributed by atoms with Crippen LogP contribution in [0.4, 0.5) is 5.69 Å². The van der Waals surface area contributed by atoms with E-state index in [2.05, 4.69) is 15.3 Å². The third-order valence-corrected chi connectivity index (χ3v) is 4.54. The van der Waals surface area contributed by atoms with Crippen molar-refractivity contribution in [3.8, 4) is 17.0 Å². The van der Waals surface area contributed by atoms with Crippen LogP contribution in [-0.4, -0.2) is 33.4 Å². The number of hydrogen-bond donors (Lipinski definition) is 2. The molecule has 7 heteroatoms. The second-order valence-corrected chi connectivity index (χ2v) is 6.50. The number of rotatable bonds is 7. The van der Waals surface area contributed by atoms with Gasteiger partial charge < -0.3 is 15.5 Å². The summed E-state index contributed by atoms with van der Waals surface area (Å²) in [5.74, 6) is 1.37. The van der Waals surface area contributed by atoms with E-state index in [0.29, 0.717) is 23.7 Å². The van der Waals surface area contributed by atoms with Gasteiger partial charge in [-0.2, -0.15) is 0 Å². The first-order chi connectivity index (χ1) is 13.5. The highest BCUT2D eigenvalue weighted by atomic mass is 16.5. The molecule has 0 unspecified atom stereocenters. The van der Waals surface area contributed by atoms with Crippen molar-refractivity contribution in [1.29, 1.82) is 5.41 Å². The molecule has 0 aliphatic carbocycles. The zero-order valence-corrected chi connectivity index (χ0v) is 16.1. The molecule has 2 aromatic heterocycles. The van der Waals surface area contributed by atoms with Crippen LogP contribution in [0.3, 0.4) is 0 Å². The smallest absolute Gasteiger partial charge is 0.253 e. The Kier molecular flexibility index (Phi) is 5.84. The number of pyridine rings is 1. The second kappa shape index (κ2) is 8.47. The molecule has 144 valence electrons. The molecule has 7 nitrogen and oxygen atoms in total. The van der Waals surface area contributed by atoms with E-state index in [9.17, 15) is 4.79 Å². The van der Waals surface area contributed by atoms with Crippen molar-refractivity contribution in [1.82, 2.24) is 14.5 Å². The molecule has 28 heavy (non-hydrogen) atoms. The Labute approximate surface area is 163 Å². The van der Waals surface area contributed by atoms with E-state index in [1.165, 1.54) is 10.6 Å². The third kappa shape index (κ3) is 4.43. The van der Waals surface area contributed by atoms with Crippen LogP contribution in [0.5, 0.6) is 5.75 Å². The topological polar surface area (TPSA) is 92.9 Å². The predicted molar refractivity (Wildman–Crippen MR) is 110 cm³/mol. The molecule has 2 N–H and O–H groups in total. The molecular formula is C21H23N5O2. The van der Waals surface area contributed by atoms with Gasteiger partial charge in [0.1, 0.15) is 11.6 Å². The summed E-state index contributed by atoms with van der Waals surface area (Å²) in [5.41, 5.74) is 2.63. The summed E-state index contributed by atoms with van der Waals surface area (Å²) in [6.07, 6.45) is 3.75. The monoisotopic (exact) mass is 377 g/mol. The SMILES string of the molecule is COc1ccc(N[C@H](Cc2nc(-c3ccncc3)cc(=O)n2C)C(C)=N)cc1. The molecule has 0 aliphatic heterocycles. The highest BCUT2D eigenvalue weighted by molar-refractivity contribution is 5.87. The normalized spacial score (nSPS) is 11.7. The molecule has 0 fully saturated rings. The molecule has 0 amide bonds. The van der Waals surface area contributed by atoms with Gasteiger partial charge in [-0.15, -0.1) is 0 Å². The Hall–Kier alpha value is -3.48. The van der Waals surface area contributed by atoms with Crippen molar-refractivity contribution < 1.29 is 4.74 Å². The minimum atomic E-state index is -0.292. The van der Waals surface area contributed by atoms with Crippen LogP contribution in [-0.2, 0) is 13.5 Å². The number of methoxy groups -OCH3 is 1. The maximum Gasteiger partial charge on any atom is 0.253 e. The van der Waals surface area contributed by atoms with Crippen molar-refractivity contribution in [2.24, 2.45) is 7.05 Å². The van der Waals surface area contributed by atoms with Gasteiger partial charge in [-0.05, 0) is 43.3 Å². The molecule has 2 heterocycles. The van der Waals surface area contributed by atoms with Crippen LogP contribution in [0.1, 0.15) is 12.7 Å². The van der Waals surface area contributed by atoms with E-state index in [4.69, 9.17) is 10.1 Å². The first kappa shape index (κ1) is 19.3. The van der Waals surface area contributed by atoms with E-state index in [1.807, 2.05) is 36.4 Å². The van der Waals surface area contributed by atoms with Crippen molar-refractivity contribution in [2.45, 2.75) is 19.4 Å². The molecule has 3 rings (SSSR count). The lowest BCUT2D eigenvalue weighted by Crippen LogP contribution is -2.33. The average Bonchev–Trinajstić information content (AvgIpc) is 2.71. The van der Waals surface area contributed by atoms with Crippen LogP contribution in [0.2, 0.25) is 0 Å². The summed E-state index contributed by atoms with van der Waals surface area (Å²) in [5, 5.41) is 11.5. The molecule has 0 bridgehead atoms. The van der Waals surface area contributed by atoms with Crippen molar-refractivity contribution in [3.63, 3.8) is 0 Å². The molecule has 3 aromatic rings. The van der Waals surface area contributed by atoms with E-state index in [1.54, 1.807) is 33.5 Å². The summed E-state index contributed by atoms with van der Waals surface area (Å²) in [4.78, 5) is 21.1. The fourth-order valence-corrected chi connectivity index (χ4v) is 2.82. The lowest BCUT2D eigenvalue weighted by atomic mass is 10.1. The number of aromatic nitrogens is 3. The fraction of sp³-hybridized carbons (Fsp3) is 0.238. The second-order valence-electron chi connectivity index (χ2n) is 6.50. The lowest BCUT2D eigenvalue weighted by molar-refractivity contribution is 0.415. The Morgan fingerprint density at radius 2 is 1.89 bits per heavy atom. The molecule has 0 saturated carbocycles. The molecule has 0 aliphatic rings. The molecule has 1 aromatic carbocycles. The minimum Gasteiger partial charge on any atom is -0.497 e. The number of anilines is 1.